The lowest BCUT2D eigenvalue weighted by Crippen LogP contribution is -2.41. The third kappa shape index (κ3) is 6.61. The van der Waals surface area contributed by atoms with Crippen molar-refractivity contribution < 1.29 is 23.9 Å². The zero-order chi connectivity index (χ0) is 24.0. The largest absolute Gasteiger partial charge is 0.395 e. The van der Waals surface area contributed by atoms with E-state index in [9.17, 15) is 18.7 Å². The summed E-state index contributed by atoms with van der Waals surface area (Å²) in [5.41, 5.74) is 2.04. The highest BCUT2D eigenvalue weighted by Gasteiger charge is 2.35. The van der Waals surface area contributed by atoms with Gasteiger partial charge in [-0.25, -0.2) is 14.7 Å². The van der Waals surface area contributed by atoms with E-state index in [0.717, 1.165) is 33.8 Å². The molecule has 3 rings (SSSR count). The van der Waals surface area contributed by atoms with Gasteiger partial charge in [-0.1, -0.05) is 11.8 Å². The number of carbonyl (C=O) groups is 1. The van der Waals surface area contributed by atoms with Crippen molar-refractivity contribution in [1.82, 2.24) is 15.4 Å². The van der Waals surface area contributed by atoms with E-state index < -0.39 is 22.4 Å². The molecule has 2 aromatic rings. The fourth-order valence-electron chi connectivity index (χ4n) is 3.84. The van der Waals surface area contributed by atoms with Gasteiger partial charge in [0.15, 0.2) is 11.1 Å². The normalized spacial score (nSPS) is 20.9. The number of hydrogen-bond donors (Lipinski definition) is 4. The van der Waals surface area contributed by atoms with Gasteiger partial charge in [-0.2, -0.15) is 0 Å². The molecule has 0 bridgehead atoms. The number of benzene rings is 1. The van der Waals surface area contributed by atoms with Crippen LogP contribution in [-0.4, -0.2) is 66.9 Å². The fraction of sp³-hybridized carbons (Fsp3) is 0.478. The molecule has 0 spiro atoms. The fourth-order valence-corrected chi connectivity index (χ4v) is 5.66. The van der Waals surface area contributed by atoms with Crippen LogP contribution in [0, 0.1) is 35.0 Å². The van der Waals surface area contributed by atoms with Crippen molar-refractivity contribution in [2.24, 2.45) is 11.3 Å². The summed E-state index contributed by atoms with van der Waals surface area (Å²) in [7, 11) is 1.99. The van der Waals surface area contributed by atoms with Crippen molar-refractivity contribution in [3.05, 3.63) is 28.8 Å². The molecular weight excluding hydrogens is 462 g/mol. The molecule has 1 aliphatic heterocycles. The summed E-state index contributed by atoms with van der Waals surface area (Å²) in [6.45, 7) is 2.52. The molecule has 1 amide bonds. The molecule has 0 saturated carbocycles. The highest BCUT2D eigenvalue weighted by Crippen LogP contribution is 2.29. The average Bonchev–Trinajstić information content (AvgIpc) is 3.36. The number of nitrogens with one attached hydrogen (secondary N) is 1. The molecule has 2 heterocycles. The minimum atomic E-state index is -2.17. The molecule has 4 N–H and O–H groups in total. The molecule has 176 valence electrons. The molecule has 10 heteroatoms. The number of rotatable bonds is 7. The maximum Gasteiger partial charge on any atom is 0.250 e. The number of carbonyl (C=O) groups excluding carboxylic acids is 1. The predicted octanol–water partition coefficient (Wildman–Crippen LogP) is 1.63. The Morgan fingerprint density at radius 3 is 2.88 bits per heavy atom. The van der Waals surface area contributed by atoms with Gasteiger partial charge >= 0.3 is 0 Å². The monoisotopic (exact) mass is 489 g/mol. The molecule has 1 aliphatic rings. The lowest BCUT2D eigenvalue weighted by molar-refractivity contribution is -0.138. The molecule has 4 atom stereocenters. The van der Waals surface area contributed by atoms with Gasteiger partial charge in [-0.15, -0.1) is 11.3 Å². The van der Waals surface area contributed by atoms with Gasteiger partial charge < -0.3 is 9.66 Å². The van der Waals surface area contributed by atoms with Crippen LogP contribution in [0.3, 0.4) is 0 Å². The highest BCUT2D eigenvalue weighted by atomic mass is 32.2. The van der Waals surface area contributed by atoms with E-state index >= 15 is 0 Å². The Morgan fingerprint density at radius 2 is 2.21 bits per heavy atom. The van der Waals surface area contributed by atoms with Crippen LogP contribution in [0.15, 0.2) is 18.2 Å². The summed E-state index contributed by atoms with van der Waals surface area (Å²) < 4.78 is 21.4. The summed E-state index contributed by atoms with van der Waals surface area (Å²) >= 11 is -0.695. The van der Waals surface area contributed by atoms with E-state index in [0.29, 0.717) is 6.42 Å². The number of aromatic nitrogens is 1. The first-order valence-corrected chi connectivity index (χ1v) is 12.6. The second kappa shape index (κ2) is 11.2. The summed E-state index contributed by atoms with van der Waals surface area (Å²) in [5, 5.41) is 19.1. The first-order valence-electron chi connectivity index (χ1n) is 10.5. The number of aliphatic hydroxyl groups is 1. The van der Waals surface area contributed by atoms with Crippen LogP contribution in [0.25, 0.3) is 10.2 Å². The number of nitrogens with zero attached hydrogens (tertiary/aromatic N) is 2. The Kier molecular flexibility index (Phi) is 8.60. The van der Waals surface area contributed by atoms with Crippen LogP contribution in [0.2, 0.25) is 0 Å². The number of hydrogen-bond acceptors (Lipinski definition) is 7. The van der Waals surface area contributed by atoms with E-state index in [1.54, 1.807) is 12.4 Å². The second-order valence-electron chi connectivity index (χ2n) is 8.49. The Bertz CT molecular complexity index is 1160. The highest BCUT2D eigenvalue weighted by molar-refractivity contribution is 7.79. The van der Waals surface area contributed by atoms with Gasteiger partial charge in [-0.3, -0.25) is 14.9 Å². The number of thiazole rings is 1. The molecule has 8 nitrogen and oxygen atoms in total. The summed E-state index contributed by atoms with van der Waals surface area (Å²) in [5.74, 6) is 11.3. The van der Waals surface area contributed by atoms with E-state index in [2.05, 4.69) is 33.6 Å². The van der Waals surface area contributed by atoms with Gasteiger partial charge in [-0.05, 0) is 56.9 Å². The number of amides is 1. The van der Waals surface area contributed by atoms with Crippen molar-refractivity contribution >= 4 is 38.5 Å². The molecular formula is C23H27N3O5S2. The molecule has 1 aromatic carbocycles. The molecule has 1 saturated heterocycles. The third-order valence-electron chi connectivity index (χ3n) is 5.86. The number of aryl methyl sites for hydroxylation is 1. The molecule has 1 aromatic heterocycles. The van der Waals surface area contributed by atoms with Crippen molar-refractivity contribution in [3.63, 3.8) is 0 Å². The zero-order valence-electron chi connectivity index (χ0n) is 18.5. The summed E-state index contributed by atoms with van der Waals surface area (Å²) in [6.07, 6.45) is 1.55. The molecule has 0 radical (unpaired) electrons. The average molecular weight is 490 g/mol. The van der Waals surface area contributed by atoms with E-state index in [4.69, 9.17) is 5.21 Å². The quantitative estimate of drug-likeness (QED) is 0.202. The number of fused-ring (bicyclic) bond motifs is 1. The number of likely N-dealkylation sites (tertiary alicyclic amines) is 1. The van der Waals surface area contributed by atoms with Crippen molar-refractivity contribution in [3.8, 4) is 23.7 Å². The Morgan fingerprint density at radius 1 is 1.42 bits per heavy atom. The van der Waals surface area contributed by atoms with Crippen molar-refractivity contribution in [2.45, 2.75) is 32.2 Å². The first kappa shape index (κ1) is 25.3. The van der Waals surface area contributed by atoms with Gasteiger partial charge in [0, 0.05) is 30.5 Å². The van der Waals surface area contributed by atoms with Crippen LogP contribution >= 0.6 is 11.3 Å². The predicted molar refractivity (Wildman–Crippen MR) is 128 cm³/mol. The maximum absolute atomic E-state index is 12.0. The van der Waals surface area contributed by atoms with Gasteiger partial charge in [0.25, 0.3) is 0 Å². The zero-order valence-corrected chi connectivity index (χ0v) is 20.1. The molecule has 1 unspecified atom stereocenters. The Hall–Kier alpha value is -2.31. The topological polar surface area (TPSA) is 123 Å². The van der Waals surface area contributed by atoms with Crippen LogP contribution in [0.5, 0.6) is 0 Å². The van der Waals surface area contributed by atoms with Crippen molar-refractivity contribution in [2.75, 3.05) is 26.0 Å². The number of hydroxylamine groups is 1. The number of likely N-dealkylation sites (N-methyl/N-ethyl adjacent to an activating group) is 1. The van der Waals surface area contributed by atoms with Gasteiger partial charge in [0.05, 0.1) is 33.0 Å². The molecule has 33 heavy (non-hydrogen) atoms. The third-order valence-corrected chi connectivity index (χ3v) is 7.82. The lowest BCUT2D eigenvalue weighted by Gasteiger charge is -2.24. The molecule has 0 aliphatic carbocycles. The molecule has 1 fully saturated rings. The lowest BCUT2D eigenvalue weighted by atomic mass is 9.87. The van der Waals surface area contributed by atoms with E-state index in [1.807, 2.05) is 25.2 Å². The van der Waals surface area contributed by atoms with Gasteiger partial charge in [0.1, 0.15) is 0 Å². The number of aliphatic hydroxyl groups excluding tert-OH is 1. The Balaban J connectivity index is 1.67. The van der Waals surface area contributed by atoms with Crippen LogP contribution in [-0.2, 0) is 22.3 Å². The Labute approximate surface area is 199 Å². The first-order chi connectivity index (χ1) is 15.7. The van der Waals surface area contributed by atoms with E-state index in [-0.39, 0.29) is 30.7 Å². The van der Waals surface area contributed by atoms with Crippen LogP contribution in [0.1, 0.15) is 30.3 Å². The second-order valence-corrected chi connectivity index (χ2v) is 10.5. The maximum atomic E-state index is 12.0. The minimum Gasteiger partial charge on any atom is -0.395 e. The van der Waals surface area contributed by atoms with E-state index in [1.165, 1.54) is 11.3 Å². The standard InChI is InChI=1S/C23H27N3O5S2/c1-23(15-33(30)31,22(28)25-29)10-9-21-24-19-8-7-16(12-20(19)32-21)5-3-4-6-17-11-18(14-27)26(2)13-17/h7-8,12,17-18,27,29H,9-11,13-15H2,1-2H3,(H,25,28)(H,30,31)/t17-,18+,23-/m0/s1. The SMILES string of the molecule is CN1C[C@@H](C#CC#Cc2ccc3nc(CC[C@@](C)(CS(=O)O)C(=O)NO)sc3c2)C[C@@H]1CO. The smallest absolute Gasteiger partial charge is 0.250 e. The summed E-state index contributed by atoms with van der Waals surface area (Å²) in [6, 6.07) is 5.87. The summed E-state index contributed by atoms with van der Waals surface area (Å²) in [4.78, 5) is 18.7. The van der Waals surface area contributed by atoms with Gasteiger partial charge in [0.2, 0.25) is 5.91 Å². The van der Waals surface area contributed by atoms with Crippen LogP contribution < -0.4 is 5.48 Å². The minimum absolute atomic E-state index is 0.145. The van der Waals surface area contributed by atoms with Crippen LogP contribution in [0.4, 0.5) is 0 Å². The van der Waals surface area contributed by atoms with Crippen molar-refractivity contribution in [1.29, 1.82) is 0 Å².